The first-order chi connectivity index (χ1) is 12.0. The van der Waals surface area contributed by atoms with Gasteiger partial charge in [0.25, 0.3) is 0 Å². The van der Waals surface area contributed by atoms with E-state index >= 15 is 0 Å². The Kier molecular flexibility index (Phi) is 3.45. The molecule has 25 heavy (non-hydrogen) atoms. The number of alkyl halides is 1. The van der Waals surface area contributed by atoms with Crippen LogP contribution in [-0.4, -0.2) is 31.4 Å². The fourth-order valence-corrected chi connectivity index (χ4v) is 7.30. The fourth-order valence-electron chi connectivity index (χ4n) is 6.60. The van der Waals surface area contributed by atoms with Crippen LogP contribution in [0.15, 0.2) is 17.1 Å². The summed E-state index contributed by atoms with van der Waals surface area (Å²) < 4.78 is 11.1. The molecule has 0 amide bonds. The first-order valence-electron chi connectivity index (χ1n) is 9.53. The van der Waals surface area contributed by atoms with Crippen LogP contribution in [0.25, 0.3) is 0 Å². The van der Waals surface area contributed by atoms with E-state index in [4.69, 9.17) is 26.1 Å². The van der Waals surface area contributed by atoms with Crippen LogP contribution in [0.1, 0.15) is 49.7 Å². The molecular weight excluding hydrogens is 334 g/mol. The lowest BCUT2D eigenvalue weighted by Gasteiger charge is -2.60. The van der Waals surface area contributed by atoms with Crippen LogP contribution in [0.2, 0.25) is 0 Å². The number of aliphatic imine (C=N–C) groups is 1. The van der Waals surface area contributed by atoms with E-state index in [1.165, 1.54) is 48.9 Å². The quantitative estimate of drug-likeness (QED) is 0.737. The number of methoxy groups -OCH3 is 2. The number of benzene rings is 1. The maximum absolute atomic E-state index is 7.07. The first-order valence-corrected chi connectivity index (χ1v) is 9.91. The predicted molar refractivity (Wildman–Crippen MR) is 100 cm³/mol. The minimum absolute atomic E-state index is 0.0147. The fraction of sp³-hybridized carbons (Fsp3) is 0.667. The Morgan fingerprint density at radius 3 is 2.36 bits per heavy atom. The number of fused-ring (bicyclic) bond motifs is 1. The minimum atomic E-state index is 0.0147. The summed E-state index contributed by atoms with van der Waals surface area (Å²) in [6.07, 6.45) is 8.41. The summed E-state index contributed by atoms with van der Waals surface area (Å²) in [5.74, 6) is 3.20. The Labute approximate surface area is 154 Å². The summed E-state index contributed by atoms with van der Waals surface area (Å²) in [5, 5.41) is 0. The monoisotopic (exact) mass is 359 g/mol. The second-order valence-electron chi connectivity index (χ2n) is 8.74. The van der Waals surface area contributed by atoms with Crippen molar-refractivity contribution in [1.82, 2.24) is 0 Å². The Hall–Kier alpha value is -1.22. The second-order valence-corrected chi connectivity index (χ2v) is 9.54. The molecule has 4 bridgehead atoms. The van der Waals surface area contributed by atoms with Gasteiger partial charge in [-0.2, -0.15) is 0 Å². The maximum Gasteiger partial charge on any atom is 0.161 e. The molecule has 4 fully saturated rings. The van der Waals surface area contributed by atoms with Crippen molar-refractivity contribution >= 4 is 17.3 Å². The average Bonchev–Trinajstić information content (AvgIpc) is 2.57. The van der Waals surface area contributed by atoms with E-state index in [1.807, 2.05) is 0 Å². The van der Waals surface area contributed by atoms with Gasteiger partial charge < -0.3 is 9.47 Å². The van der Waals surface area contributed by atoms with Gasteiger partial charge in [-0.3, -0.25) is 4.99 Å². The zero-order valence-corrected chi connectivity index (χ0v) is 15.9. The molecule has 0 aromatic heterocycles. The van der Waals surface area contributed by atoms with Gasteiger partial charge in [0.15, 0.2) is 11.5 Å². The molecule has 134 valence electrons. The van der Waals surface area contributed by atoms with Gasteiger partial charge in [-0.25, -0.2) is 0 Å². The third kappa shape index (κ3) is 2.34. The molecule has 0 radical (unpaired) electrons. The van der Waals surface area contributed by atoms with Crippen LogP contribution in [0.4, 0.5) is 0 Å². The molecule has 4 atom stereocenters. The molecule has 4 aliphatic carbocycles. The van der Waals surface area contributed by atoms with Crippen molar-refractivity contribution in [3.05, 3.63) is 23.3 Å². The van der Waals surface area contributed by atoms with Crippen molar-refractivity contribution in [3.63, 3.8) is 0 Å². The van der Waals surface area contributed by atoms with Crippen LogP contribution >= 0.6 is 11.6 Å². The van der Waals surface area contributed by atoms with Crippen LogP contribution in [0.3, 0.4) is 0 Å². The van der Waals surface area contributed by atoms with E-state index in [0.29, 0.717) is 0 Å². The van der Waals surface area contributed by atoms with Crippen LogP contribution in [-0.2, 0) is 6.42 Å². The number of nitrogens with zero attached hydrogens (tertiary/aromatic N) is 1. The normalized spacial score (nSPS) is 38.3. The third-order valence-corrected chi connectivity index (χ3v) is 7.45. The highest BCUT2D eigenvalue weighted by Crippen LogP contribution is 2.65. The SMILES string of the molecule is COc1cc2c(cc1OC)C(C13C[C@@H]4C[C@@H](CC(Cl)(C4)C1)C3)=NCC2. The summed E-state index contributed by atoms with van der Waals surface area (Å²) in [4.78, 5) is 5.10. The minimum Gasteiger partial charge on any atom is -0.493 e. The number of hydrogen-bond acceptors (Lipinski definition) is 3. The van der Waals surface area contributed by atoms with Gasteiger partial charge >= 0.3 is 0 Å². The van der Waals surface area contributed by atoms with Gasteiger partial charge in [0.05, 0.1) is 14.2 Å². The summed E-state index contributed by atoms with van der Waals surface area (Å²) in [6.45, 7) is 0.879. The molecule has 0 spiro atoms. The van der Waals surface area contributed by atoms with Gasteiger partial charge in [-0.1, -0.05) is 0 Å². The van der Waals surface area contributed by atoms with Crippen LogP contribution < -0.4 is 9.47 Å². The number of halogens is 1. The number of rotatable bonds is 3. The highest BCUT2D eigenvalue weighted by molar-refractivity contribution is 6.24. The van der Waals surface area contributed by atoms with Crippen molar-refractivity contribution in [1.29, 1.82) is 0 Å². The third-order valence-electron chi connectivity index (χ3n) is 7.01. The molecule has 3 nitrogen and oxygen atoms in total. The van der Waals surface area contributed by atoms with E-state index in [9.17, 15) is 0 Å². The number of ether oxygens (including phenoxy) is 2. The lowest BCUT2D eigenvalue weighted by Crippen LogP contribution is -2.56. The highest BCUT2D eigenvalue weighted by Gasteiger charge is 2.59. The molecule has 1 aromatic rings. The van der Waals surface area contributed by atoms with E-state index in [2.05, 4.69) is 12.1 Å². The van der Waals surface area contributed by atoms with E-state index in [1.54, 1.807) is 14.2 Å². The molecule has 6 rings (SSSR count). The Morgan fingerprint density at radius 1 is 1.04 bits per heavy atom. The van der Waals surface area contributed by atoms with Gasteiger partial charge in [0.1, 0.15) is 0 Å². The Bertz CT molecular complexity index is 743. The van der Waals surface area contributed by atoms with Crippen molar-refractivity contribution in [2.24, 2.45) is 22.2 Å². The van der Waals surface area contributed by atoms with Crippen LogP contribution in [0.5, 0.6) is 11.5 Å². The van der Waals surface area contributed by atoms with Gasteiger partial charge in [0, 0.05) is 28.1 Å². The summed E-state index contributed by atoms with van der Waals surface area (Å²) in [5.41, 5.74) is 4.13. The summed E-state index contributed by atoms with van der Waals surface area (Å²) in [6, 6.07) is 4.31. The lowest BCUT2D eigenvalue weighted by atomic mass is 9.47. The maximum atomic E-state index is 7.07. The molecule has 4 heteroatoms. The van der Waals surface area contributed by atoms with E-state index < -0.39 is 0 Å². The zero-order valence-electron chi connectivity index (χ0n) is 15.1. The molecule has 0 saturated heterocycles. The second kappa shape index (κ2) is 5.39. The van der Waals surface area contributed by atoms with Gasteiger partial charge in [-0.05, 0) is 74.5 Å². The predicted octanol–water partition coefficient (Wildman–Crippen LogP) is 4.63. The van der Waals surface area contributed by atoms with Crippen molar-refractivity contribution in [2.75, 3.05) is 20.8 Å². The zero-order chi connectivity index (χ0) is 17.2. The van der Waals surface area contributed by atoms with Gasteiger partial charge in [0.2, 0.25) is 0 Å². The summed E-state index contributed by atoms with van der Waals surface area (Å²) >= 11 is 7.07. The van der Waals surface area contributed by atoms with E-state index in [-0.39, 0.29) is 10.3 Å². The first kappa shape index (κ1) is 16.0. The molecule has 0 N–H and O–H groups in total. The van der Waals surface area contributed by atoms with E-state index in [0.717, 1.165) is 42.7 Å². The summed E-state index contributed by atoms with van der Waals surface area (Å²) in [7, 11) is 3.42. The Balaban J connectivity index is 1.61. The Morgan fingerprint density at radius 2 is 1.72 bits per heavy atom. The van der Waals surface area contributed by atoms with Gasteiger partial charge in [-0.15, -0.1) is 11.6 Å². The standard InChI is InChI=1S/C21H26ClNO2/c1-24-17-6-15-3-4-23-19(16(15)7-18(17)25-2)20-8-13-5-14(9-20)11-21(22,10-13)12-20/h6-7,13-14H,3-5,8-12H2,1-2H3/t13-,14+,20?,21?. The molecule has 1 heterocycles. The van der Waals surface area contributed by atoms with Crippen molar-refractivity contribution < 1.29 is 9.47 Å². The lowest BCUT2D eigenvalue weighted by molar-refractivity contribution is 0.00190. The van der Waals surface area contributed by atoms with Crippen LogP contribution in [0, 0.1) is 17.3 Å². The molecule has 5 aliphatic rings. The average molecular weight is 360 g/mol. The molecule has 1 aromatic carbocycles. The van der Waals surface area contributed by atoms with Crippen molar-refractivity contribution in [3.8, 4) is 11.5 Å². The molecule has 1 aliphatic heterocycles. The topological polar surface area (TPSA) is 30.8 Å². The highest BCUT2D eigenvalue weighted by atomic mass is 35.5. The number of hydrogen-bond donors (Lipinski definition) is 0. The smallest absolute Gasteiger partial charge is 0.161 e. The molecular formula is C21H26ClNO2. The van der Waals surface area contributed by atoms with Crippen molar-refractivity contribution in [2.45, 2.75) is 49.8 Å². The largest absolute Gasteiger partial charge is 0.493 e. The molecule has 2 unspecified atom stereocenters. The molecule has 4 saturated carbocycles.